The second kappa shape index (κ2) is 3.23. The van der Waals surface area contributed by atoms with Crippen molar-refractivity contribution in [3.63, 3.8) is 0 Å². The fourth-order valence-corrected chi connectivity index (χ4v) is 1.10. The lowest BCUT2D eigenvalue weighted by Crippen LogP contribution is -2.43. The highest BCUT2D eigenvalue weighted by atomic mass is 32.2. The van der Waals surface area contributed by atoms with E-state index in [9.17, 15) is 13.2 Å². The Balaban J connectivity index is 5.43. The molecule has 0 rings (SSSR count). The highest BCUT2D eigenvalue weighted by molar-refractivity contribution is 7.88. The minimum absolute atomic E-state index is 0.818. The number of aliphatic hydroxyl groups is 1. The zero-order chi connectivity index (χ0) is 9.99. The zero-order valence-electron chi connectivity index (χ0n) is 6.53. The first-order valence-electron chi connectivity index (χ1n) is 2.90. The van der Waals surface area contributed by atoms with E-state index in [4.69, 9.17) is 9.66 Å². The third kappa shape index (κ3) is 1.82. The van der Waals surface area contributed by atoms with Crippen LogP contribution in [0.5, 0.6) is 0 Å². The number of rotatable bonds is 2. The van der Waals surface area contributed by atoms with Crippen LogP contribution in [0.3, 0.4) is 0 Å². The Kier molecular flexibility index (Phi) is 2.98. The molecular weight excluding hydrogens is 184 g/mol. The molecule has 0 amide bonds. The van der Waals surface area contributed by atoms with Gasteiger partial charge in [-0.3, -0.25) is 9.35 Å². The van der Waals surface area contributed by atoms with Gasteiger partial charge < -0.3 is 5.11 Å². The lowest BCUT2D eigenvalue weighted by Gasteiger charge is -2.13. The van der Waals surface area contributed by atoms with Crippen molar-refractivity contribution in [2.75, 3.05) is 0 Å². The molecule has 0 aromatic carbocycles. The summed E-state index contributed by atoms with van der Waals surface area (Å²) in [7, 11) is -4.89. The van der Waals surface area contributed by atoms with Gasteiger partial charge in [-0.15, -0.1) is 5.92 Å². The molecule has 0 spiro atoms. The maximum absolute atomic E-state index is 10.6. The number of hydrogen-bond donors (Lipinski definition) is 2. The van der Waals surface area contributed by atoms with Crippen LogP contribution in [-0.4, -0.2) is 28.8 Å². The monoisotopic (exact) mass is 192 g/mol. The van der Waals surface area contributed by atoms with Gasteiger partial charge in [-0.25, -0.2) is 0 Å². The summed E-state index contributed by atoms with van der Waals surface area (Å²) in [6.45, 7) is 2.05. The Morgan fingerprint density at radius 3 is 2.00 bits per heavy atom. The number of Topliss-reactive ketones (excluding diaryl/α,β-unsaturated/α-hetero) is 1. The van der Waals surface area contributed by atoms with Gasteiger partial charge in [-0.1, -0.05) is 0 Å². The van der Waals surface area contributed by atoms with Crippen LogP contribution in [0.2, 0.25) is 0 Å². The molecule has 1 unspecified atom stereocenters. The van der Waals surface area contributed by atoms with Crippen molar-refractivity contribution < 1.29 is 22.9 Å². The van der Waals surface area contributed by atoms with Gasteiger partial charge in [0.2, 0.25) is 0 Å². The standard InChI is InChI=1S/C6H8O5S/c1-3-4-6(8,5(2)7)12(9,10)11/h8H,1-2H3,(H,9,10,11). The van der Waals surface area contributed by atoms with E-state index in [2.05, 4.69) is 0 Å². The van der Waals surface area contributed by atoms with Crippen LogP contribution < -0.4 is 0 Å². The molecule has 2 N–H and O–H groups in total. The third-order valence-corrected chi connectivity index (χ3v) is 2.28. The SMILES string of the molecule is CC#CC(O)(C(C)=O)S(=O)(=O)O. The van der Waals surface area contributed by atoms with Gasteiger partial charge in [0.1, 0.15) is 0 Å². The van der Waals surface area contributed by atoms with Crippen LogP contribution in [0.15, 0.2) is 0 Å². The molecule has 0 aliphatic carbocycles. The van der Waals surface area contributed by atoms with Crippen LogP contribution in [0, 0.1) is 11.8 Å². The van der Waals surface area contributed by atoms with E-state index in [0.29, 0.717) is 0 Å². The first kappa shape index (κ1) is 11.1. The largest absolute Gasteiger partial charge is 0.357 e. The van der Waals surface area contributed by atoms with Crippen LogP contribution in [-0.2, 0) is 14.9 Å². The highest BCUT2D eigenvalue weighted by Gasteiger charge is 2.44. The van der Waals surface area contributed by atoms with Crippen molar-refractivity contribution in [1.82, 2.24) is 0 Å². The predicted octanol–water partition coefficient (Wildman–Crippen LogP) is -0.825. The number of hydrogen-bond acceptors (Lipinski definition) is 4. The lowest BCUT2D eigenvalue weighted by molar-refractivity contribution is -0.124. The van der Waals surface area contributed by atoms with Crippen LogP contribution in [0.4, 0.5) is 0 Å². The van der Waals surface area contributed by atoms with Crippen molar-refractivity contribution >= 4 is 15.9 Å². The first-order valence-corrected chi connectivity index (χ1v) is 4.34. The fourth-order valence-electron chi connectivity index (χ4n) is 0.504. The van der Waals surface area contributed by atoms with E-state index in [1.807, 2.05) is 5.92 Å². The van der Waals surface area contributed by atoms with E-state index >= 15 is 0 Å². The third-order valence-electron chi connectivity index (χ3n) is 1.14. The molecule has 12 heavy (non-hydrogen) atoms. The second-order valence-corrected chi connectivity index (χ2v) is 3.59. The molecule has 0 fully saturated rings. The van der Waals surface area contributed by atoms with E-state index < -0.39 is 20.8 Å². The van der Waals surface area contributed by atoms with E-state index in [1.54, 1.807) is 5.92 Å². The summed E-state index contributed by atoms with van der Waals surface area (Å²) in [5.41, 5.74) is 0. The average molecular weight is 192 g/mol. The van der Waals surface area contributed by atoms with Crippen LogP contribution >= 0.6 is 0 Å². The maximum Gasteiger partial charge on any atom is 0.314 e. The van der Waals surface area contributed by atoms with Gasteiger partial charge in [-0.05, 0) is 19.8 Å². The van der Waals surface area contributed by atoms with Crippen molar-refractivity contribution in [1.29, 1.82) is 0 Å². The topological polar surface area (TPSA) is 91.7 Å². The van der Waals surface area contributed by atoms with Gasteiger partial charge >= 0.3 is 15.1 Å². The Bertz CT molecular complexity index is 344. The van der Waals surface area contributed by atoms with Gasteiger partial charge in [0.05, 0.1) is 0 Å². The summed E-state index contributed by atoms with van der Waals surface area (Å²) >= 11 is 0. The maximum atomic E-state index is 10.6. The van der Waals surface area contributed by atoms with Crippen molar-refractivity contribution in [2.45, 2.75) is 18.8 Å². The molecule has 0 aromatic rings. The average Bonchev–Trinajstić information content (AvgIpc) is 1.85. The molecule has 0 bridgehead atoms. The molecule has 0 aromatic heterocycles. The summed E-state index contributed by atoms with van der Waals surface area (Å²) in [4.78, 5) is 7.63. The van der Waals surface area contributed by atoms with Gasteiger partial charge in [0.15, 0.2) is 5.78 Å². The number of carbonyl (C=O) groups is 1. The second-order valence-electron chi connectivity index (χ2n) is 2.05. The van der Waals surface area contributed by atoms with Gasteiger partial charge in [0, 0.05) is 0 Å². The van der Waals surface area contributed by atoms with E-state index in [1.165, 1.54) is 6.92 Å². The van der Waals surface area contributed by atoms with Crippen LogP contribution in [0.1, 0.15) is 13.8 Å². The van der Waals surface area contributed by atoms with Gasteiger partial charge in [-0.2, -0.15) is 8.42 Å². The molecule has 0 radical (unpaired) electrons. The molecule has 0 aliphatic heterocycles. The Labute approximate surface area is 70.1 Å². The van der Waals surface area contributed by atoms with Gasteiger partial charge in [0.25, 0.3) is 0 Å². The lowest BCUT2D eigenvalue weighted by atomic mass is 10.2. The zero-order valence-corrected chi connectivity index (χ0v) is 7.34. The molecule has 0 heterocycles. The Hall–Kier alpha value is -0.900. The Morgan fingerprint density at radius 1 is 1.50 bits per heavy atom. The highest BCUT2D eigenvalue weighted by Crippen LogP contribution is 2.12. The van der Waals surface area contributed by atoms with Crippen LogP contribution in [0.25, 0.3) is 0 Å². The molecule has 0 aliphatic rings. The summed E-state index contributed by atoms with van der Waals surface area (Å²) in [6.07, 6.45) is 0. The molecule has 6 heteroatoms. The Morgan fingerprint density at radius 2 is 1.92 bits per heavy atom. The molecule has 68 valence electrons. The molecule has 1 atom stereocenters. The molecule has 0 saturated heterocycles. The molecular formula is C6H8O5S. The van der Waals surface area contributed by atoms with Crippen molar-refractivity contribution in [3.8, 4) is 11.8 Å². The first-order chi connectivity index (χ1) is 5.25. The summed E-state index contributed by atoms with van der Waals surface area (Å²) in [5, 5.41) is 9.06. The van der Waals surface area contributed by atoms with Crippen molar-refractivity contribution in [3.05, 3.63) is 0 Å². The van der Waals surface area contributed by atoms with E-state index in [-0.39, 0.29) is 0 Å². The predicted molar refractivity (Wildman–Crippen MR) is 40.6 cm³/mol. The summed E-state index contributed by atoms with van der Waals surface area (Å²) in [6, 6.07) is 0. The fraction of sp³-hybridized carbons (Fsp3) is 0.500. The summed E-state index contributed by atoms with van der Waals surface area (Å²) < 4.78 is 29.4. The molecule has 5 nitrogen and oxygen atoms in total. The van der Waals surface area contributed by atoms with Crippen molar-refractivity contribution in [2.24, 2.45) is 0 Å². The normalized spacial score (nSPS) is 15.7. The summed E-state index contributed by atoms with van der Waals surface area (Å²) in [5.74, 6) is 2.61. The number of carbonyl (C=O) groups excluding carboxylic acids is 1. The quantitative estimate of drug-likeness (QED) is 0.440. The minimum atomic E-state index is -4.89. The number of ketones is 1. The van der Waals surface area contributed by atoms with E-state index in [0.717, 1.165) is 6.92 Å². The minimum Gasteiger partial charge on any atom is -0.357 e. The molecule has 0 saturated carbocycles. The smallest absolute Gasteiger partial charge is 0.314 e.